The maximum atomic E-state index is 5.83. The van der Waals surface area contributed by atoms with Crippen LogP contribution in [0.5, 0.6) is 0 Å². The molecule has 1 unspecified atom stereocenters. The minimum atomic E-state index is 0.0964. The lowest BCUT2D eigenvalue weighted by molar-refractivity contribution is 0.0292. The van der Waals surface area contributed by atoms with Gasteiger partial charge in [0.15, 0.2) is 0 Å². The maximum Gasteiger partial charge on any atom is 0.0830 e. The van der Waals surface area contributed by atoms with E-state index in [2.05, 4.69) is 20.8 Å². The Balaban J connectivity index is 2.78. The number of rotatable bonds is 5. The number of benzene rings is 1. The van der Waals surface area contributed by atoms with Crippen LogP contribution in [-0.4, -0.2) is 13.2 Å². The van der Waals surface area contributed by atoms with Gasteiger partial charge in [0, 0.05) is 12.2 Å². The minimum absolute atomic E-state index is 0.0964. The third kappa shape index (κ3) is 5.20. The smallest absolute Gasteiger partial charge is 0.0830 e. The summed E-state index contributed by atoms with van der Waals surface area (Å²) in [6, 6.07) is 7.89. The number of hydrogen-bond acceptors (Lipinski definition) is 3. The molecule has 0 aliphatic carbocycles. The van der Waals surface area contributed by atoms with Gasteiger partial charge in [-0.2, -0.15) is 0 Å². The van der Waals surface area contributed by atoms with Crippen molar-refractivity contribution < 1.29 is 4.74 Å². The Morgan fingerprint density at radius 1 is 1.18 bits per heavy atom. The molecule has 1 rings (SSSR count). The van der Waals surface area contributed by atoms with Gasteiger partial charge in [-0.25, -0.2) is 0 Å². The molecule has 3 nitrogen and oxygen atoms in total. The van der Waals surface area contributed by atoms with Crippen LogP contribution in [0.3, 0.4) is 0 Å². The highest BCUT2D eigenvalue weighted by Crippen LogP contribution is 2.32. The first kappa shape index (κ1) is 14.0. The van der Waals surface area contributed by atoms with Crippen LogP contribution in [0, 0.1) is 5.41 Å². The van der Waals surface area contributed by atoms with E-state index >= 15 is 0 Å². The van der Waals surface area contributed by atoms with E-state index in [1.165, 1.54) is 5.56 Å². The van der Waals surface area contributed by atoms with Crippen molar-refractivity contribution >= 4 is 5.69 Å². The molecule has 0 aromatic heterocycles. The van der Waals surface area contributed by atoms with Crippen molar-refractivity contribution in [3.8, 4) is 0 Å². The number of nitrogens with two attached hydrogens (primary N) is 2. The van der Waals surface area contributed by atoms with Crippen LogP contribution in [0.15, 0.2) is 24.3 Å². The van der Waals surface area contributed by atoms with Crippen molar-refractivity contribution in [2.24, 2.45) is 11.1 Å². The molecule has 1 aromatic carbocycles. The molecule has 3 heteroatoms. The molecule has 1 atom stereocenters. The normalized spacial score (nSPS) is 13.6. The lowest BCUT2D eigenvalue weighted by atomic mass is 9.87. The third-order valence-corrected chi connectivity index (χ3v) is 2.54. The first-order valence-corrected chi connectivity index (χ1v) is 6.09. The summed E-state index contributed by atoms with van der Waals surface area (Å²) in [6.45, 7) is 7.77. The Bertz CT molecular complexity index is 327. The van der Waals surface area contributed by atoms with E-state index in [1.807, 2.05) is 24.3 Å². The highest BCUT2D eigenvalue weighted by atomic mass is 16.5. The van der Waals surface area contributed by atoms with E-state index in [0.29, 0.717) is 13.2 Å². The number of hydrogen-bond donors (Lipinski definition) is 2. The Labute approximate surface area is 104 Å². The second-order valence-electron chi connectivity index (χ2n) is 5.58. The van der Waals surface area contributed by atoms with Gasteiger partial charge in [-0.15, -0.1) is 0 Å². The summed E-state index contributed by atoms with van der Waals surface area (Å²) >= 11 is 0. The standard InChI is InChI=1S/C14H24N2O/c1-14(2,3)10-13(17-9-8-15)11-4-6-12(16)7-5-11/h4-7,13H,8-10,15-16H2,1-3H3. The van der Waals surface area contributed by atoms with Gasteiger partial charge in [-0.1, -0.05) is 32.9 Å². The molecule has 0 saturated heterocycles. The zero-order valence-electron chi connectivity index (χ0n) is 11.1. The molecule has 0 fully saturated rings. The SMILES string of the molecule is CC(C)(C)CC(OCCN)c1ccc(N)cc1. The fraction of sp³-hybridized carbons (Fsp3) is 0.571. The van der Waals surface area contributed by atoms with Gasteiger partial charge in [0.05, 0.1) is 12.7 Å². The molecule has 17 heavy (non-hydrogen) atoms. The molecule has 96 valence electrons. The van der Waals surface area contributed by atoms with Crippen LogP contribution in [0.4, 0.5) is 5.69 Å². The molecular weight excluding hydrogens is 212 g/mol. The quantitative estimate of drug-likeness (QED) is 0.773. The summed E-state index contributed by atoms with van der Waals surface area (Å²) in [5, 5.41) is 0. The largest absolute Gasteiger partial charge is 0.399 e. The zero-order chi connectivity index (χ0) is 12.9. The Kier molecular flexibility index (Phi) is 4.97. The third-order valence-electron chi connectivity index (χ3n) is 2.54. The minimum Gasteiger partial charge on any atom is -0.399 e. The van der Waals surface area contributed by atoms with E-state index in [-0.39, 0.29) is 11.5 Å². The molecule has 0 bridgehead atoms. The summed E-state index contributed by atoms with van der Waals surface area (Å²) in [4.78, 5) is 0. The average molecular weight is 236 g/mol. The van der Waals surface area contributed by atoms with E-state index in [4.69, 9.17) is 16.2 Å². The van der Waals surface area contributed by atoms with Crippen molar-refractivity contribution in [3.63, 3.8) is 0 Å². The van der Waals surface area contributed by atoms with E-state index in [0.717, 1.165) is 12.1 Å². The Morgan fingerprint density at radius 2 is 1.76 bits per heavy atom. The monoisotopic (exact) mass is 236 g/mol. The van der Waals surface area contributed by atoms with E-state index in [9.17, 15) is 0 Å². The lowest BCUT2D eigenvalue weighted by Crippen LogP contribution is -2.18. The molecule has 4 N–H and O–H groups in total. The summed E-state index contributed by atoms with van der Waals surface area (Å²) in [5.41, 5.74) is 13.4. The van der Waals surface area contributed by atoms with E-state index < -0.39 is 0 Å². The highest BCUT2D eigenvalue weighted by Gasteiger charge is 2.20. The van der Waals surface area contributed by atoms with Crippen LogP contribution in [-0.2, 0) is 4.74 Å². The van der Waals surface area contributed by atoms with Gasteiger partial charge in [0.2, 0.25) is 0 Å². The second kappa shape index (κ2) is 6.03. The lowest BCUT2D eigenvalue weighted by Gasteiger charge is -2.26. The maximum absolute atomic E-state index is 5.83. The van der Waals surface area contributed by atoms with Gasteiger partial charge >= 0.3 is 0 Å². The number of anilines is 1. The molecule has 1 aromatic rings. The summed E-state index contributed by atoms with van der Waals surface area (Å²) < 4.78 is 5.83. The molecule has 0 spiro atoms. The highest BCUT2D eigenvalue weighted by molar-refractivity contribution is 5.39. The van der Waals surface area contributed by atoms with Gasteiger partial charge in [0.25, 0.3) is 0 Å². The van der Waals surface area contributed by atoms with Crippen molar-refractivity contribution in [2.75, 3.05) is 18.9 Å². The van der Waals surface area contributed by atoms with Gasteiger partial charge in [0.1, 0.15) is 0 Å². The van der Waals surface area contributed by atoms with Crippen LogP contribution in [0.1, 0.15) is 38.9 Å². The van der Waals surface area contributed by atoms with Crippen LogP contribution >= 0.6 is 0 Å². The number of ether oxygens (including phenoxy) is 1. The predicted molar refractivity (Wildman–Crippen MR) is 72.7 cm³/mol. The fourth-order valence-electron chi connectivity index (χ4n) is 1.75. The topological polar surface area (TPSA) is 61.3 Å². The zero-order valence-corrected chi connectivity index (χ0v) is 11.1. The molecule has 0 aliphatic rings. The van der Waals surface area contributed by atoms with Crippen molar-refractivity contribution in [3.05, 3.63) is 29.8 Å². The summed E-state index contributed by atoms with van der Waals surface area (Å²) in [7, 11) is 0. The van der Waals surface area contributed by atoms with Crippen LogP contribution in [0.25, 0.3) is 0 Å². The predicted octanol–water partition coefficient (Wildman–Crippen LogP) is 2.72. The molecule has 0 saturated carbocycles. The first-order chi connectivity index (χ1) is 7.92. The first-order valence-electron chi connectivity index (χ1n) is 6.09. The Morgan fingerprint density at radius 3 is 2.24 bits per heavy atom. The second-order valence-corrected chi connectivity index (χ2v) is 5.58. The van der Waals surface area contributed by atoms with Crippen LogP contribution in [0.2, 0.25) is 0 Å². The van der Waals surface area contributed by atoms with Gasteiger partial charge in [-0.3, -0.25) is 0 Å². The molecule has 0 aliphatic heterocycles. The van der Waals surface area contributed by atoms with Crippen molar-refractivity contribution in [2.45, 2.75) is 33.3 Å². The van der Waals surface area contributed by atoms with Gasteiger partial charge < -0.3 is 16.2 Å². The number of nitrogen functional groups attached to an aromatic ring is 1. The van der Waals surface area contributed by atoms with Crippen molar-refractivity contribution in [1.29, 1.82) is 0 Å². The van der Waals surface area contributed by atoms with Crippen molar-refractivity contribution in [1.82, 2.24) is 0 Å². The molecule has 0 heterocycles. The summed E-state index contributed by atoms with van der Waals surface area (Å²) in [6.07, 6.45) is 1.07. The molecular formula is C14H24N2O. The summed E-state index contributed by atoms with van der Waals surface area (Å²) in [5.74, 6) is 0. The van der Waals surface area contributed by atoms with Crippen LogP contribution < -0.4 is 11.5 Å². The van der Waals surface area contributed by atoms with E-state index in [1.54, 1.807) is 0 Å². The molecule has 0 radical (unpaired) electrons. The van der Waals surface area contributed by atoms with Gasteiger partial charge in [-0.05, 0) is 29.5 Å². The molecule has 0 amide bonds. The average Bonchev–Trinajstić information content (AvgIpc) is 2.24. The fourth-order valence-corrected chi connectivity index (χ4v) is 1.75. The Hall–Kier alpha value is -1.06.